The van der Waals surface area contributed by atoms with Gasteiger partial charge < -0.3 is 14.8 Å². The fraction of sp³-hybridized carbons (Fsp3) is 1.00. The molecule has 1 N–H and O–H groups in total. The number of nitrogens with one attached hydrogen (secondary N) is 1. The molecule has 0 rings (SSSR count). The van der Waals surface area contributed by atoms with Crippen molar-refractivity contribution in [2.24, 2.45) is 0 Å². The lowest BCUT2D eigenvalue weighted by Crippen LogP contribution is -2.27. The average molecular weight is 189 g/mol. The lowest BCUT2D eigenvalue weighted by Gasteiger charge is -2.19. The van der Waals surface area contributed by atoms with E-state index in [4.69, 9.17) is 9.47 Å². The highest BCUT2D eigenvalue weighted by atomic mass is 16.5. The van der Waals surface area contributed by atoms with Crippen LogP contribution in [0.5, 0.6) is 0 Å². The summed E-state index contributed by atoms with van der Waals surface area (Å²) in [7, 11) is 1.72. The lowest BCUT2D eigenvalue weighted by atomic mass is 10.2. The van der Waals surface area contributed by atoms with Gasteiger partial charge in [-0.25, -0.2) is 0 Å². The second-order valence-electron chi connectivity index (χ2n) is 4.06. The van der Waals surface area contributed by atoms with Gasteiger partial charge in [0.1, 0.15) is 0 Å². The molecule has 0 aliphatic heterocycles. The minimum Gasteiger partial charge on any atom is -0.385 e. The maximum Gasteiger partial charge on any atom is 0.0599 e. The third kappa shape index (κ3) is 11.9. The molecule has 0 aromatic rings. The van der Waals surface area contributed by atoms with Gasteiger partial charge in [0.15, 0.2) is 0 Å². The van der Waals surface area contributed by atoms with Crippen molar-refractivity contribution in [1.29, 1.82) is 0 Å². The molecule has 0 atom stereocenters. The summed E-state index contributed by atoms with van der Waals surface area (Å²) in [5.74, 6) is 0. The summed E-state index contributed by atoms with van der Waals surface area (Å²) in [5.41, 5.74) is -0.0196. The average Bonchev–Trinajstić information content (AvgIpc) is 2.01. The molecule has 0 radical (unpaired) electrons. The molecule has 0 saturated heterocycles. The van der Waals surface area contributed by atoms with Gasteiger partial charge in [-0.05, 0) is 33.7 Å². The van der Waals surface area contributed by atoms with Crippen LogP contribution in [0.3, 0.4) is 0 Å². The van der Waals surface area contributed by atoms with Crippen molar-refractivity contribution in [3.63, 3.8) is 0 Å². The van der Waals surface area contributed by atoms with Gasteiger partial charge in [-0.1, -0.05) is 0 Å². The van der Waals surface area contributed by atoms with Gasteiger partial charge in [-0.2, -0.15) is 0 Å². The molecule has 3 heteroatoms. The molecule has 0 heterocycles. The molecule has 0 aromatic carbocycles. The second kappa shape index (κ2) is 7.30. The molecule has 0 fully saturated rings. The zero-order chi connectivity index (χ0) is 10.2. The van der Waals surface area contributed by atoms with Crippen LogP contribution in [0, 0.1) is 0 Å². The minimum absolute atomic E-state index is 0.0196. The predicted octanol–water partition coefficient (Wildman–Crippen LogP) is 1.43. The minimum atomic E-state index is -0.0196. The molecule has 0 aromatic heterocycles. The highest BCUT2D eigenvalue weighted by Gasteiger charge is 2.08. The normalized spacial score (nSPS) is 12.0. The van der Waals surface area contributed by atoms with Crippen molar-refractivity contribution < 1.29 is 9.47 Å². The largest absolute Gasteiger partial charge is 0.385 e. The van der Waals surface area contributed by atoms with E-state index >= 15 is 0 Å². The molecule has 0 unspecified atom stereocenters. The number of ether oxygens (including phenoxy) is 2. The topological polar surface area (TPSA) is 30.5 Å². The van der Waals surface area contributed by atoms with Crippen LogP contribution in [0.25, 0.3) is 0 Å². The Morgan fingerprint density at radius 3 is 2.31 bits per heavy atom. The van der Waals surface area contributed by atoms with Gasteiger partial charge in [0.05, 0.1) is 12.2 Å². The van der Waals surface area contributed by atoms with Crippen molar-refractivity contribution >= 4 is 0 Å². The molecule has 0 saturated carbocycles. The zero-order valence-electron chi connectivity index (χ0n) is 9.35. The first-order valence-corrected chi connectivity index (χ1v) is 4.90. The van der Waals surface area contributed by atoms with Crippen LogP contribution in [0.15, 0.2) is 0 Å². The van der Waals surface area contributed by atoms with E-state index in [1.165, 1.54) is 0 Å². The van der Waals surface area contributed by atoms with Crippen LogP contribution in [0.2, 0.25) is 0 Å². The van der Waals surface area contributed by atoms with Gasteiger partial charge in [0.2, 0.25) is 0 Å². The van der Waals surface area contributed by atoms with Crippen LogP contribution in [-0.2, 0) is 9.47 Å². The summed E-state index contributed by atoms with van der Waals surface area (Å²) < 4.78 is 10.5. The summed E-state index contributed by atoms with van der Waals surface area (Å²) in [6.07, 6.45) is 1.06. The molecule has 13 heavy (non-hydrogen) atoms. The first-order chi connectivity index (χ1) is 6.06. The van der Waals surface area contributed by atoms with Crippen LogP contribution >= 0.6 is 0 Å². The molecular formula is C10H23NO2. The Hall–Kier alpha value is -0.120. The second-order valence-corrected chi connectivity index (χ2v) is 4.06. The Morgan fingerprint density at radius 2 is 1.77 bits per heavy atom. The Kier molecular flexibility index (Phi) is 7.23. The molecular weight excluding hydrogens is 166 g/mol. The van der Waals surface area contributed by atoms with E-state index < -0.39 is 0 Å². The number of hydrogen-bond acceptors (Lipinski definition) is 3. The smallest absolute Gasteiger partial charge is 0.0599 e. The van der Waals surface area contributed by atoms with Crippen LogP contribution < -0.4 is 5.32 Å². The van der Waals surface area contributed by atoms with Gasteiger partial charge >= 0.3 is 0 Å². The van der Waals surface area contributed by atoms with E-state index in [0.717, 1.165) is 32.7 Å². The van der Waals surface area contributed by atoms with Crippen molar-refractivity contribution in [3.05, 3.63) is 0 Å². The molecule has 3 nitrogen and oxygen atoms in total. The monoisotopic (exact) mass is 189 g/mol. The fourth-order valence-corrected chi connectivity index (χ4v) is 0.896. The summed E-state index contributed by atoms with van der Waals surface area (Å²) in [6, 6.07) is 0. The van der Waals surface area contributed by atoms with Crippen molar-refractivity contribution in [2.45, 2.75) is 32.8 Å². The van der Waals surface area contributed by atoms with Crippen molar-refractivity contribution in [3.8, 4) is 0 Å². The Morgan fingerprint density at radius 1 is 1.08 bits per heavy atom. The maximum absolute atomic E-state index is 5.54. The zero-order valence-corrected chi connectivity index (χ0v) is 9.35. The molecule has 0 aliphatic rings. The third-order valence-corrected chi connectivity index (χ3v) is 1.52. The Labute approximate surface area is 81.8 Å². The van der Waals surface area contributed by atoms with E-state index in [-0.39, 0.29) is 5.60 Å². The van der Waals surface area contributed by atoms with E-state index in [1.807, 2.05) is 0 Å². The summed E-state index contributed by atoms with van der Waals surface area (Å²) in [5, 5.41) is 3.29. The maximum atomic E-state index is 5.54. The Balaban J connectivity index is 3.00. The quantitative estimate of drug-likeness (QED) is 0.615. The summed E-state index contributed by atoms with van der Waals surface area (Å²) >= 11 is 0. The third-order valence-electron chi connectivity index (χ3n) is 1.52. The van der Waals surface area contributed by atoms with E-state index in [1.54, 1.807) is 7.11 Å². The van der Waals surface area contributed by atoms with Crippen LogP contribution in [0.1, 0.15) is 27.2 Å². The van der Waals surface area contributed by atoms with Crippen LogP contribution in [0.4, 0.5) is 0 Å². The van der Waals surface area contributed by atoms with E-state index in [2.05, 4.69) is 26.1 Å². The number of methoxy groups -OCH3 is 1. The summed E-state index contributed by atoms with van der Waals surface area (Å²) in [4.78, 5) is 0. The molecule has 0 amide bonds. The first-order valence-electron chi connectivity index (χ1n) is 4.90. The first kappa shape index (κ1) is 12.9. The van der Waals surface area contributed by atoms with Gasteiger partial charge in [0, 0.05) is 20.3 Å². The molecule has 0 aliphatic carbocycles. The lowest BCUT2D eigenvalue weighted by molar-refractivity contribution is -0.000859. The van der Waals surface area contributed by atoms with Gasteiger partial charge in [0.25, 0.3) is 0 Å². The standard InChI is InChI=1S/C10H23NO2/c1-10(2,3)13-9-7-11-6-5-8-12-4/h11H,5-9H2,1-4H3. The summed E-state index contributed by atoms with van der Waals surface area (Å²) in [6.45, 7) is 9.72. The Bertz CT molecular complexity index is 110. The highest BCUT2D eigenvalue weighted by molar-refractivity contribution is 4.59. The SMILES string of the molecule is COCCCNCCOC(C)(C)C. The molecule has 80 valence electrons. The van der Waals surface area contributed by atoms with Gasteiger partial charge in [-0.3, -0.25) is 0 Å². The fourth-order valence-electron chi connectivity index (χ4n) is 0.896. The molecule has 0 bridgehead atoms. The van der Waals surface area contributed by atoms with Crippen molar-refractivity contribution in [1.82, 2.24) is 5.32 Å². The van der Waals surface area contributed by atoms with Crippen LogP contribution in [-0.4, -0.2) is 39.0 Å². The number of hydrogen-bond donors (Lipinski definition) is 1. The van der Waals surface area contributed by atoms with E-state index in [9.17, 15) is 0 Å². The van der Waals surface area contributed by atoms with Gasteiger partial charge in [-0.15, -0.1) is 0 Å². The van der Waals surface area contributed by atoms with E-state index in [0.29, 0.717) is 0 Å². The van der Waals surface area contributed by atoms with Crippen molar-refractivity contribution in [2.75, 3.05) is 33.4 Å². The predicted molar refractivity (Wildman–Crippen MR) is 55.1 cm³/mol. The highest BCUT2D eigenvalue weighted by Crippen LogP contribution is 2.04. The molecule has 0 spiro atoms. The number of rotatable bonds is 7.